The minimum absolute atomic E-state index is 0.0777. The predicted octanol–water partition coefficient (Wildman–Crippen LogP) is 2.87. The Labute approximate surface area is 122 Å². The summed E-state index contributed by atoms with van der Waals surface area (Å²) >= 11 is 0. The van der Waals surface area contributed by atoms with Crippen LogP contribution in [0.3, 0.4) is 0 Å². The third-order valence-electron chi connectivity index (χ3n) is 4.20. The van der Waals surface area contributed by atoms with Crippen LogP contribution >= 0.6 is 0 Å². The zero-order chi connectivity index (χ0) is 14.8. The van der Waals surface area contributed by atoms with Crippen molar-refractivity contribution in [3.8, 4) is 0 Å². The molecule has 1 aromatic carbocycles. The Morgan fingerprint density at radius 1 is 1.30 bits per heavy atom. The summed E-state index contributed by atoms with van der Waals surface area (Å²) in [6.07, 6.45) is 2.66. The van der Waals surface area contributed by atoms with Crippen molar-refractivity contribution in [3.05, 3.63) is 35.4 Å². The number of fused-ring (bicyclic) bond motifs is 1. The van der Waals surface area contributed by atoms with Gasteiger partial charge in [-0.3, -0.25) is 0 Å². The SMILES string of the molecule is CCNC1c2ccccc2CCCC1S(=O)(=O)C(C)C. The van der Waals surface area contributed by atoms with Gasteiger partial charge in [-0.2, -0.15) is 0 Å². The Balaban J connectivity index is 2.48. The molecule has 0 radical (unpaired) electrons. The van der Waals surface area contributed by atoms with Gasteiger partial charge in [-0.25, -0.2) is 8.42 Å². The molecule has 112 valence electrons. The largest absolute Gasteiger partial charge is 0.309 e. The van der Waals surface area contributed by atoms with Gasteiger partial charge in [-0.05, 0) is 50.8 Å². The van der Waals surface area contributed by atoms with Gasteiger partial charge in [0.1, 0.15) is 0 Å². The highest BCUT2D eigenvalue weighted by Crippen LogP contribution is 2.34. The van der Waals surface area contributed by atoms with Crippen LogP contribution in [0.15, 0.2) is 24.3 Å². The van der Waals surface area contributed by atoms with Crippen LogP contribution in [0.4, 0.5) is 0 Å². The first-order valence-electron chi connectivity index (χ1n) is 7.52. The zero-order valence-electron chi connectivity index (χ0n) is 12.6. The molecule has 0 fully saturated rings. The van der Waals surface area contributed by atoms with Gasteiger partial charge < -0.3 is 5.32 Å². The van der Waals surface area contributed by atoms with E-state index in [0.717, 1.165) is 25.8 Å². The van der Waals surface area contributed by atoms with Crippen LogP contribution < -0.4 is 5.32 Å². The predicted molar refractivity (Wildman–Crippen MR) is 83.6 cm³/mol. The first-order chi connectivity index (χ1) is 9.48. The van der Waals surface area contributed by atoms with E-state index in [1.54, 1.807) is 13.8 Å². The maximum absolute atomic E-state index is 12.7. The molecule has 0 saturated heterocycles. The average Bonchev–Trinajstić information content (AvgIpc) is 2.59. The first kappa shape index (κ1) is 15.5. The van der Waals surface area contributed by atoms with Gasteiger partial charge in [0.15, 0.2) is 9.84 Å². The van der Waals surface area contributed by atoms with E-state index in [0.29, 0.717) is 0 Å². The van der Waals surface area contributed by atoms with Crippen molar-refractivity contribution in [2.75, 3.05) is 6.54 Å². The monoisotopic (exact) mass is 295 g/mol. The van der Waals surface area contributed by atoms with Gasteiger partial charge in [-0.15, -0.1) is 0 Å². The second kappa shape index (κ2) is 6.27. The van der Waals surface area contributed by atoms with Gasteiger partial charge in [0.25, 0.3) is 0 Å². The minimum atomic E-state index is -3.10. The number of sulfone groups is 1. The summed E-state index contributed by atoms with van der Waals surface area (Å²) < 4.78 is 25.4. The lowest BCUT2D eigenvalue weighted by molar-refractivity contribution is 0.478. The van der Waals surface area contributed by atoms with Crippen LogP contribution in [0.25, 0.3) is 0 Å². The minimum Gasteiger partial charge on any atom is -0.309 e. The first-order valence-corrected chi connectivity index (χ1v) is 9.13. The van der Waals surface area contributed by atoms with Crippen molar-refractivity contribution in [1.82, 2.24) is 5.32 Å². The molecule has 20 heavy (non-hydrogen) atoms. The zero-order valence-corrected chi connectivity index (χ0v) is 13.4. The molecule has 1 aliphatic rings. The lowest BCUT2D eigenvalue weighted by Crippen LogP contribution is -2.40. The van der Waals surface area contributed by atoms with E-state index < -0.39 is 9.84 Å². The van der Waals surface area contributed by atoms with Crippen LogP contribution in [0, 0.1) is 0 Å². The normalized spacial score (nSPS) is 23.4. The van der Waals surface area contributed by atoms with Crippen LogP contribution in [-0.2, 0) is 16.3 Å². The molecule has 1 aliphatic carbocycles. The van der Waals surface area contributed by atoms with Crippen molar-refractivity contribution in [2.24, 2.45) is 0 Å². The molecule has 4 heteroatoms. The van der Waals surface area contributed by atoms with Gasteiger partial charge in [0, 0.05) is 6.04 Å². The second-order valence-corrected chi connectivity index (χ2v) is 8.53. The molecule has 0 spiro atoms. The van der Waals surface area contributed by atoms with Crippen LogP contribution in [-0.4, -0.2) is 25.5 Å². The molecule has 2 atom stereocenters. The van der Waals surface area contributed by atoms with E-state index in [4.69, 9.17) is 0 Å². The number of nitrogens with one attached hydrogen (secondary N) is 1. The van der Waals surface area contributed by atoms with E-state index in [-0.39, 0.29) is 16.5 Å². The third-order valence-corrected chi connectivity index (χ3v) is 6.87. The molecule has 0 heterocycles. The Morgan fingerprint density at radius 2 is 2.00 bits per heavy atom. The molecule has 1 N–H and O–H groups in total. The highest BCUT2D eigenvalue weighted by molar-refractivity contribution is 7.92. The number of benzene rings is 1. The molecule has 0 amide bonds. The summed E-state index contributed by atoms with van der Waals surface area (Å²) in [5, 5.41) is 2.78. The Bertz CT molecular complexity index is 551. The molecule has 0 bridgehead atoms. The molecule has 2 rings (SSSR count). The van der Waals surface area contributed by atoms with Gasteiger partial charge in [-0.1, -0.05) is 31.2 Å². The quantitative estimate of drug-likeness (QED) is 0.869. The van der Waals surface area contributed by atoms with Crippen molar-refractivity contribution in [2.45, 2.75) is 56.6 Å². The molecule has 2 unspecified atom stereocenters. The van der Waals surface area contributed by atoms with Crippen molar-refractivity contribution < 1.29 is 8.42 Å². The summed E-state index contributed by atoms with van der Waals surface area (Å²) in [6, 6.07) is 8.18. The highest BCUT2D eigenvalue weighted by atomic mass is 32.2. The fourth-order valence-electron chi connectivity index (χ4n) is 3.09. The Morgan fingerprint density at radius 3 is 2.65 bits per heavy atom. The lowest BCUT2D eigenvalue weighted by atomic mass is 9.99. The summed E-state index contributed by atoms with van der Waals surface area (Å²) in [6.45, 7) is 6.39. The van der Waals surface area contributed by atoms with E-state index in [9.17, 15) is 8.42 Å². The maximum Gasteiger partial charge on any atom is 0.157 e. The van der Waals surface area contributed by atoms with E-state index in [2.05, 4.69) is 17.4 Å². The summed E-state index contributed by atoms with van der Waals surface area (Å²) in [4.78, 5) is 0. The van der Waals surface area contributed by atoms with E-state index >= 15 is 0 Å². The summed E-state index contributed by atoms with van der Waals surface area (Å²) in [5.74, 6) is 0. The lowest BCUT2D eigenvalue weighted by Gasteiger charge is -2.28. The van der Waals surface area contributed by atoms with Crippen molar-refractivity contribution in [1.29, 1.82) is 0 Å². The highest BCUT2D eigenvalue weighted by Gasteiger charge is 2.37. The van der Waals surface area contributed by atoms with Crippen LogP contribution in [0.5, 0.6) is 0 Å². The third kappa shape index (κ3) is 2.91. The second-order valence-electron chi connectivity index (χ2n) is 5.80. The molecule has 3 nitrogen and oxygen atoms in total. The molecular weight excluding hydrogens is 270 g/mol. The fourth-order valence-corrected chi connectivity index (χ4v) is 4.91. The van der Waals surface area contributed by atoms with E-state index in [1.807, 2.05) is 19.1 Å². The Kier molecular flexibility index (Phi) is 4.86. The van der Waals surface area contributed by atoms with Gasteiger partial charge in [0.05, 0.1) is 10.5 Å². The van der Waals surface area contributed by atoms with Gasteiger partial charge in [0.2, 0.25) is 0 Å². The van der Waals surface area contributed by atoms with Crippen LogP contribution in [0.1, 0.15) is 50.8 Å². The van der Waals surface area contributed by atoms with E-state index in [1.165, 1.54) is 11.1 Å². The summed E-state index contributed by atoms with van der Waals surface area (Å²) in [7, 11) is -3.10. The fraction of sp³-hybridized carbons (Fsp3) is 0.625. The molecule has 1 aromatic rings. The average molecular weight is 295 g/mol. The topological polar surface area (TPSA) is 46.2 Å². The molecular formula is C16H25NO2S. The van der Waals surface area contributed by atoms with Crippen molar-refractivity contribution in [3.63, 3.8) is 0 Å². The smallest absolute Gasteiger partial charge is 0.157 e. The number of hydrogen-bond donors (Lipinski definition) is 1. The Hall–Kier alpha value is -0.870. The molecule has 0 aromatic heterocycles. The maximum atomic E-state index is 12.7. The standard InChI is InChI=1S/C16H25NO2S/c1-4-17-16-14-10-6-5-8-13(14)9-7-11-15(16)20(18,19)12(2)3/h5-6,8,10,12,15-17H,4,7,9,11H2,1-3H3. The molecule has 0 saturated carbocycles. The van der Waals surface area contributed by atoms with Gasteiger partial charge >= 0.3 is 0 Å². The van der Waals surface area contributed by atoms with Crippen LogP contribution in [0.2, 0.25) is 0 Å². The number of aryl methyl sites for hydroxylation is 1. The number of hydrogen-bond acceptors (Lipinski definition) is 3. The summed E-state index contributed by atoms with van der Waals surface area (Å²) in [5.41, 5.74) is 2.46. The number of rotatable bonds is 4. The van der Waals surface area contributed by atoms with Crippen molar-refractivity contribution >= 4 is 9.84 Å². The molecule has 0 aliphatic heterocycles.